The van der Waals surface area contributed by atoms with E-state index in [4.69, 9.17) is 9.47 Å². The molecule has 0 radical (unpaired) electrons. The number of anilines is 1. The van der Waals surface area contributed by atoms with E-state index in [0.717, 1.165) is 0 Å². The summed E-state index contributed by atoms with van der Waals surface area (Å²) in [5, 5.41) is 2.65. The zero-order valence-electron chi connectivity index (χ0n) is 12.8. The van der Waals surface area contributed by atoms with E-state index in [1.165, 1.54) is 38.5 Å². The molecule has 0 saturated heterocycles. The number of nitrogens with one attached hydrogen (secondary N) is 1. The molecule has 24 heavy (non-hydrogen) atoms. The molecule has 0 aliphatic rings. The molecule has 8 heteroatoms. The van der Waals surface area contributed by atoms with Crippen molar-refractivity contribution in [3.05, 3.63) is 48.0 Å². The second kappa shape index (κ2) is 7.48. The molecule has 0 heterocycles. The molecule has 2 aromatic carbocycles. The highest BCUT2D eigenvalue weighted by Gasteiger charge is 2.29. The number of thioether (sulfide) groups is 1. The lowest BCUT2D eigenvalue weighted by molar-refractivity contribution is -0.0328. The molecule has 0 unspecified atom stereocenters. The van der Waals surface area contributed by atoms with Crippen molar-refractivity contribution in [1.82, 2.24) is 0 Å². The van der Waals surface area contributed by atoms with Gasteiger partial charge in [0.15, 0.2) is 0 Å². The van der Waals surface area contributed by atoms with Crippen LogP contribution >= 0.6 is 11.8 Å². The average molecular weight is 357 g/mol. The monoisotopic (exact) mass is 357 g/mol. The van der Waals surface area contributed by atoms with E-state index in [1.807, 2.05) is 0 Å². The van der Waals surface area contributed by atoms with Gasteiger partial charge in [0.05, 0.1) is 19.9 Å². The van der Waals surface area contributed by atoms with Crippen molar-refractivity contribution in [2.75, 3.05) is 19.5 Å². The number of halogens is 3. The molecule has 0 bridgehead atoms. The number of ether oxygens (including phenoxy) is 2. The molecule has 0 atom stereocenters. The van der Waals surface area contributed by atoms with Gasteiger partial charge in [-0.15, -0.1) is 0 Å². The fourth-order valence-corrected chi connectivity index (χ4v) is 2.45. The first kappa shape index (κ1) is 18.0. The molecule has 4 nitrogen and oxygen atoms in total. The number of benzene rings is 2. The van der Waals surface area contributed by atoms with Crippen LogP contribution in [0.15, 0.2) is 47.4 Å². The molecule has 0 saturated carbocycles. The lowest BCUT2D eigenvalue weighted by Crippen LogP contribution is -2.12. The first-order valence-electron chi connectivity index (χ1n) is 6.71. The fourth-order valence-electron chi connectivity index (χ4n) is 1.91. The van der Waals surface area contributed by atoms with E-state index < -0.39 is 11.4 Å². The smallest absolute Gasteiger partial charge is 0.446 e. The highest BCUT2D eigenvalue weighted by molar-refractivity contribution is 8.00. The second-order valence-corrected chi connectivity index (χ2v) is 5.73. The van der Waals surface area contributed by atoms with E-state index in [9.17, 15) is 18.0 Å². The maximum atomic E-state index is 12.3. The maximum absolute atomic E-state index is 12.3. The van der Waals surface area contributed by atoms with E-state index >= 15 is 0 Å². The third kappa shape index (κ3) is 4.82. The second-order valence-electron chi connectivity index (χ2n) is 4.59. The summed E-state index contributed by atoms with van der Waals surface area (Å²) >= 11 is -0.232. The third-order valence-electron chi connectivity index (χ3n) is 3.00. The minimum absolute atomic E-state index is 0.0120. The van der Waals surface area contributed by atoms with Crippen molar-refractivity contribution in [2.45, 2.75) is 10.4 Å². The molecule has 128 valence electrons. The molecule has 1 N–H and O–H groups in total. The summed E-state index contributed by atoms with van der Waals surface area (Å²) in [4.78, 5) is 12.3. The zero-order chi connectivity index (χ0) is 17.7. The van der Waals surface area contributed by atoms with E-state index in [-0.39, 0.29) is 22.2 Å². The van der Waals surface area contributed by atoms with Crippen molar-refractivity contribution >= 4 is 23.4 Å². The van der Waals surface area contributed by atoms with E-state index in [2.05, 4.69) is 5.32 Å². The van der Waals surface area contributed by atoms with Crippen molar-refractivity contribution in [3.8, 4) is 11.5 Å². The fraction of sp³-hybridized carbons (Fsp3) is 0.188. The average Bonchev–Trinajstić information content (AvgIpc) is 2.53. The molecule has 0 fully saturated rings. The summed E-state index contributed by atoms with van der Waals surface area (Å²) in [5.41, 5.74) is -3.74. The Morgan fingerprint density at radius 2 is 1.71 bits per heavy atom. The number of methoxy groups -OCH3 is 2. The van der Waals surface area contributed by atoms with Crippen LogP contribution in [-0.2, 0) is 0 Å². The van der Waals surface area contributed by atoms with Gasteiger partial charge in [-0.05, 0) is 48.2 Å². The van der Waals surface area contributed by atoms with Crippen LogP contribution in [0.2, 0.25) is 0 Å². The van der Waals surface area contributed by atoms with Crippen molar-refractivity contribution in [2.24, 2.45) is 0 Å². The van der Waals surface area contributed by atoms with Crippen molar-refractivity contribution < 1.29 is 27.4 Å². The summed E-state index contributed by atoms with van der Waals surface area (Å²) in [7, 11) is 2.95. The number of rotatable bonds is 5. The number of carbonyl (C=O) groups is 1. The minimum atomic E-state index is -4.36. The molecular formula is C16H14F3NO3S. The minimum Gasteiger partial charge on any atom is -0.497 e. The molecule has 1 amide bonds. The van der Waals surface area contributed by atoms with Crippen LogP contribution in [0.5, 0.6) is 11.5 Å². The Kier molecular flexibility index (Phi) is 5.61. The zero-order valence-corrected chi connectivity index (χ0v) is 13.6. The van der Waals surface area contributed by atoms with Crippen LogP contribution in [0.4, 0.5) is 18.9 Å². The van der Waals surface area contributed by atoms with Gasteiger partial charge in [-0.3, -0.25) is 4.79 Å². The Balaban J connectivity index is 2.15. The lowest BCUT2D eigenvalue weighted by Gasteiger charge is -2.12. The predicted molar refractivity (Wildman–Crippen MR) is 85.9 cm³/mol. The number of hydrogen-bond acceptors (Lipinski definition) is 4. The molecule has 2 aromatic rings. The van der Waals surface area contributed by atoms with Gasteiger partial charge < -0.3 is 14.8 Å². The number of amides is 1. The van der Waals surface area contributed by atoms with Crippen LogP contribution in [0.1, 0.15) is 10.4 Å². The highest BCUT2D eigenvalue weighted by atomic mass is 32.2. The first-order valence-corrected chi connectivity index (χ1v) is 7.53. The topological polar surface area (TPSA) is 47.6 Å². The van der Waals surface area contributed by atoms with E-state index in [1.54, 1.807) is 18.2 Å². The Bertz CT molecular complexity index is 717. The number of hydrogen-bond donors (Lipinski definition) is 1. The summed E-state index contributed by atoms with van der Waals surface area (Å²) in [6.07, 6.45) is 0. The van der Waals surface area contributed by atoms with Gasteiger partial charge in [0.25, 0.3) is 5.91 Å². The van der Waals surface area contributed by atoms with Gasteiger partial charge in [-0.25, -0.2) is 0 Å². The molecule has 2 rings (SSSR count). The van der Waals surface area contributed by atoms with E-state index in [0.29, 0.717) is 17.2 Å². The number of alkyl halides is 3. The standard InChI is InChI=1S/C16H14F3NO3S/c1-22-11-5-8-14(23-2)13(9-11)20-15(21)10-3-6-12(7-4-10)24-16(17,18)19/h3-9H,1-2H3,(H,20,21). The van der Waals surface area contributed by atoms with Crippen LogP contribution < -0.4 is 14.8 Å². The van der Waals surface area contributed by atoms with Crippen LogP contribution in [-0.4, -0.2) is 25.6 Å². The normalized spacial score (nSPS) is 11.0. The quantitative estimate of drug-likeness (QED) is 0.797. The van der Waals surface area contributed by atoms with Crippen LogP contribution in [0, 0.1) is 0 Å². The predicted octanol–water partition coefficient (Wildman–Crippen LogP) is 4.57. The summed E-state index contributed by atoms with van der Waals surface area (Å²) in [5.74, 6) is 0.501. The third-order valence-corrected chi connectivity index (χ3v) is 3.74. The van der Waals surface area contributed by atoms with Gasteiger partial charge in [0.1, 0.15) is 11.5 Å². The lowest BCUT2D eigenvalue weighted by atomic mass is 10.2. The summed E-state index contributed by atoms with van der Waals surface area (Å²) < 4.78 is 47.1. The Labute approximate surface area is 141 Å². The Morgan fingerprint density at radius 3 is 2.25 bits per heavy atom. The van der Waals surface area contributed by atoms with Crippen LogP contribution in [0.3, 0.4) is 0 Å². The van der Waals surface area contributed by atoms with Gasteiger partial charge in [-0.1, -0.05) is 0 Å². The Hall–Kier alpha value is -2.35. The summed E-state index contributed by atoms with van der Waals surface area (Å²) in [6, 6.07) is 10.1. The SMILES string of the molecule is COc1ccc(OC)c(NC(=O)c2ccc(SC(F)(F)F)cc2)c1. The van der Waals surface area contributed by atoms with Crippen LogP contribution in [0.25, 0.3) is 0 Å². The van der Waals surface area contributed by atoms with Gasteiger partial charge in [0, 0.05) is 16.5 Å². The first-order chi connectivity index (χ1) is 11.3. The van der Waals surface area contributed by atoms with Gasteiger partial charge in [0.2, 0.25) is 0 Å². The molecule has 0 spiro atoms. The van der Waals surface area contributed by atoms with Crippen molar-refractivity contribution in [1.29, 1.82) is 0 Å². The van der Waals surface area contributed by atoms with Crippen molar-refractivity contribution in [3.63, 3.8) is 0 Å². The Morgan fingerprint density at radius 1 is 1.04 bits per heavy atom. The summed E-state index contributed by atoms with van der Waals surface area (Å²) in [6.45, 7) is 0. The van der Waals surface area contributed by atoms with Gasteiger partial charge in [-0.2, -0.15) is 13.2 Å². The molecular weight excluding hydrogens is 343 g/mol. The highest BCUT2D eigenvalue weighted by Crippen LogP contribution is 2.36. The molecule has 0 aliphatic heterocycles. The maximum Gasteiger partial charge on any atom is 0.446 e. The molecule has 0 aromatic heterocycles. The van der Waals surface area contributed by atoms with Gasteiger partial charge >= 0.3 is 5.51 Å². The molecule has 0 aliphatic carbocycles. The largest absolute Gasteiger partial charge is 0.497 e. The number of carbonyl (C=O) groups excluding carboxylic acids is 1.